The van der Waals surface area contributed by atoms with Gasteiger partial charge in [-0.25, -0.2) is 0 Å². The summed E-state index contributed by atoms with van der Waals surface area (Å²) in [6.45, 7) is -1.63. The molecule has 1 fully saturated rings. The fraction of sp³-hybridized carbons (Fsp3) is 0.917. The first kappa shape index (κ1) is 20.3. The minimum atomic E-state index is -1.95. The first-order chi connectivity index (χ1) is 10.8. The predicted molar refractivity (Wildman–Crippen MR) is 69.8 cm³/mol. The maximum atomic E-state index is 10.7. The highest BCUT2D eigenvalue weighted by molar-refractivity contribution is 5.56. The number of hydrogen-bond acceptors (Lipinski definition) is 11. The highest BCUT2D eigenvalue weighted by atomic mass is 16.7. The third-order valence-electron chi connectivity index (χ3n) is 3.53. The summed E-state index contributed by atoms with van der Waals surface area (Å²) in [6, 6.07) is 0. The zero-order chi connectivity index (χ0) is 17.7. The molecule has 0 aliphatic carbocycles. The van der Waals surface area contributed by atoms with Gasteiger partial charge in [-0.2, -0.15) is 0 Å². The van der Waals surface area contributed by atoms with Gasteiger partial charge < -0.3 is 55.1 Å². The number of aliphatic hydroxyl groups excluding tert-OH is 8. The predicted octanol–water partition coefficient (Wildman–Crippen LogP) is -5.55. The molecule has 1 aliphatic heterocycles. The number of aliphatic hydroxyl groups is 8. The van der Waals surface area contributed by atoms with Gasteiger partial charge in [-0.15, -0.1) is 0 Å². The van der Waals surface area contributed by atoms with Gasteiger partial charge in [0.2, 0.25) is 0 Å². The smallest absolute Gasteiger partial charge is 0.187 e. The zero-order valence-electron chi connectivity index (χ0n) is 12.0. The van der Waals surface area contributed by atoms with Crippen molar-refractivity contribution in [2.45, 2.75) is 55.1 Å². The second-order valence-corrected chi connectivity index (χ2v) is 5.17. The Kier molecular flexibility index (Phi) is 7.89. The largest absolute Gasteiger partial charge is 0.394 e. The standard InChI is InChI=1S/C12H22O11/c13-1-4(16)7(18)11(5(17)2-14)23-12-10(21)9(20)8(19)6(3-15)22-12/h2,4-13,15-21H,1,3H2/t4-,5+,6-,7+,8+,9+,10-,11-,12-/m1/s1. The summed E-state index contributed by atoms with van der Waals surface area (Å²) in [5.41, 5.74) is 0. The molecule has 0 aromatic carbocycles. The van der Waals surface area contributed by atoms with Crippen LogP contribution in [0.4, 0.5) is 0 Å². The highest BCUT2D eigenvalue weighted by Crippen LogP contribution is 2.24. The van der Waals surface area contributed by atoms with E-state index in [1.54, 1.807) is 0 Å². The second kappa shape index (κ2) is 8.94. The van der Waals surface area contributed by atoms with E-state index in [-0.39, 0.29) is 6.29 Å². The third kappa shape index (κ3) is 4.64. The van der Waals surface area contributed by atoms with Gasteiger partial charge in [0.05, 0.1) is 13.2 Å². The van der Waals surface area contributed by atoms with Crippen LogP contribution in [0.25, 0.3) is 0 Å². The lowest BCUT2D eigenvalue weighted by molar-refractivity contribution is -0.324. The van der Waals surface area contributed by atoms with Crippen LogP contribution in [0.1, 0.15) is 0 Å². The summed E-state index contributed by atoms with van der Waals surface area (Å²) in [7, 11) is 0. The van der Waals surface area contributed by atoms with E-state index in [0.717, 1.165) is 0 Å². The number of ether oxygens (including phenoxy) is 2. The Balaban J connectivity index is 2.91. The van der Waals surface area contributed by atoms with Gasteiger partial charge in [0.25, 0.3) is 0 Å². The molecule has 0 aromatic heterocycles. The highest BCUT2D eigenvalue weighted by Gasteiger charge is 2.46. The van der Waals surface area contributed by atoms with Gasteiger partial charge in [0.15, 0.2) is 12.6 Å². The molecule has 8 N–H and O–H groups in total. The Morgan fingerprint density at radius 1 is 1.04 bits per heavy atom. The number of carbonyl (C=O) groups excluding carboxylic acids is 1. The van der Waals surface area contributed by atoms with Crippen LogP contribution in [0, 0.1) is 0 Å². The van der Waals surface area contributed by atoms with Crippen LogP contribution in [-0.4, -0.2) is 115 Å². The number of hydrogen-bond donors (Lipinski definition) is 8. The Hall–Kier alpha value is -0.730. The van der Waals surface area contributed by atoms with Crippen LogP contribution in [0.15, 0.2) is 0 Å². The van der Waals surface area contributed by atoms with Gasteiger partial charge in [-0.05, 0) is 0 Å². The van der Waals surface area contributed by atoms with Crippen LogP contribution < -0.4 is 0 Å². The maximum absolute atomic E-state index is 10.7. The quantitative estimate of drug-likeness (QED) is 0.196. The lowest BCUT2D eigenvalue weighted by Crippen LogP contribution is -2.61. The molecule has 11 nitrogen and oxygen atoms in total. The number of rotatable bonds is 8. The second-order valence-electron chi connectivity index (χ2n) is 5.17. The van der Waals surface area contributed by atoms with Crippen molar-refractivity contribution < 1.29 is 55.1 Å². The normalized spacial score (nSPS) is 37.0. The summed E-state index contributed by atoms with van der Waals surface area (Å²) in [6.07, 6.45) is -15.7. The van der Waals surface area contributed by atoms with Gasteiger partial charge in [-0.1, -0.05) is 0 Å². The molecule has 1 aliphatic rings. The minimum Gasteiger partial charge on any atom is -0.394 e. The summed E-state index contributed by atoms with van der Waals surface area (Å²) >= 11 is 0. The maximum Gasteiger partial charge on any atom is 0.187 e. The lowest BCUT2D eigenvalue weighted by atomic mass is 9.98. The molecule has 1 rings (SSSR count). The fourth-order valence-electron chi connectivity index (χ4n) is 2.10. The van der Waals surface area contributed by atoms with Crippen molar-refractivity contribution >= 4 is 6.29 Å². The van der Waals surface area contributed by atoms with Gasteiger partial charge >= 0.3 is 0 Å². The van der Waals surface area contributed by atoms with E-state index in [1.165, 1.54) is 0 Å². The molecule has 0 aromatic rings. The van der Waals surface area contributed by atoms with Crippen molar-refractivity contribution in [1.29, 1.82) is 0 Å². The molecule has 23 heavy (non-hydrogen) atoms. The SMILES string of the molecule is O=C[C@H](O)[C@@H](O[C@H]1O[C@H](CO)[C@H](O)[C@H](O)[C@H]1O)[C@@H](O)[C@H](O)CO. The van der Waals surface area contributed by atoms with E-state index in [4.69, 9.17) is 19.7 Å². The number of aldehydes is 1. The molecule has 0 amide bonds. The van der Waals surface area contributed by atoms with Crippen molar-refractivity contribution in [1.82, 2.24) is 0 Å². The van der Waals surface area contributed by atoms with Crippen LogP contribution >= 0.6 is 0 Å². The zero-order valence-corrected chi connectivity index (χ0v) is 12.0. The summed E-state index contributed by atoms with van der Waals surface area (Å²) in [5, 5.41) is 75.6. The average molecular weight is 342 g/mol. The number of carbonyl (C=O) groups is 1. The summed E-state index contributed by atoms with van der Waals surface area (Å²) in [5.74, 6) is 0. The molecule has 0 spiro atoms. The molecular weight excluding hydrogens is 320 g/mol. The summed E-state index contributed by atoms with van der Waals surface area (Å²) in [4.78, 5) is 10.7. The van der Waals surface area contributed by atoms with Crippen LogP contribution in [0.5, 0.6) is 0 Å². The molecule has 0 radical (unpaired) electrons. The van der Waals surface area contributed by atoms with Gasteiger partial charge in [0, 0.05) is 0 Å². The van der Waals surface area contributed by atoms with Crippen LogP contribution in [0.3, 0.4) is 0 Å². The van der Waals surface area contributed by atoms with Gasteiger partial charge in [0.1, 0.15) is 48.8 Å². The minimum absolute atomic E-state index is 0.0119. The first-order valence-electron chi connectivity index (χ1n) is 6.84. The Morgan fingerprint density at radius 3 is 2.13 bits per heavy atom. The average Bonchev–Trinajstić information content (AvgIpc) is 2.57. The van der Waals surface area contributed by atoms with Crippen LogP contribution in [0.2, 0.25) is 0 Å². The molecule has 1 heterocycles. The van der Waals surface area contributed by atoms with Crippen molar-refractivity contribution in [2.75, 3.05) is 13.2 Å². The lowest BCUT2D eigenvalue weighted by Gasteiger charge is -2.41. The molecule has 1 saturated heterocycles. The third-order valence-corrected chi connectivity index (χ3v) is 3.53. The molecule has 9 atom stereocenters. The molecular formula is C12H22O11. The van der Waals surface area contributed by atoms with E-state index < -0.39 is 68.3 Å². The molecule has 0 bridgehead atoms. The Morgan fingerprint density at radius 2 is 1.65 bits per heavy atom. The van der Waals surface area contributed by atoms with E-state index in [0.29, 0.717) is 0 Å². The van der Waals surface area contributed by atoms with Crippen molar-refractivity contribution in [3.8, 4) is 0 Å². The molecule has 0 unspecified atom stereocenters. The fourth-order valence-corrected chi connectivity index (χ4v) is 2.10. The first-order valence-corrected chi connectivity index (χ1v) is 6.84. The Labute approximate surface area is 130 Å². The Bertz CT molecular complexity index is 365. The van der Waals surface area contributed by atoms with E-state index >= 15 is 0 Å². The molecule has 0 saturated carbocycles. The van der Waals surface area contributed by atoms with E-state index in [2.05, 4.69) is 0 Å². The van der Waals surface area contributed by atoms with Crippen molar-refractivity contribution in [3.05, 3.63) is 0 Å². The molecule has 136 valence electrons. The van der Waals surface area contributed by atoms with Crippen molar-refractivity contribution in [3.63, 3.8) is 0 Å². The molecule has 11 heteroatoms. The topological polar surface area (TPSA) is 197 Å². The van der Waals surface area contributed by atoms with E-state index in [9.17, 15) is 35.4 Å². The van der Waals surface area contributed by atoms with Gasteiger partial charge in [-0.3, -0.25) is 0 Å². The summed E-state index contributed by atoms with van der Waals surface area (Å²) < 4.78 is 10.0. The van der Waals surface area contributed by atoms with Crippen LogP contribution in [-0.2, 0) is 14.3 Å². The van der Waals surface area contributed by atoms with E-state index in [1.807, 2.05) is 0 Å². The monoisotopic (exact) mass is 342 g/mol. The van der Waals surface area contributed by atoms with Crippen molar-refractivity contribution in [2.24, 2.45) is 0 Å².